The molecular weight excluding hydrogens is 320 g/mol. The number of amides is 1. The summed E-state index contributed by atoms with van der Waals surface area (Å²) in [5.74, 6) is 1.65. The normalized spacial score (nSPS) is 22.8. The predicted molar refractivity (Wildman–Crippen MR) is 93.4 cm³/mol. The summed E-state index contributed by atoms with van der Waals surface area (Å²) in [6.07, 6.45) is 4.28. The minimum atomic E-state index is -0.447. The Morgan fingerprint density at radius 1 is 1.44 bits per heavy atom. The van der Waals surface area contributed by atoms with Gasteiger partial charge in [0.2, 0.25) is 0 Å². The molecule has 134 valence electrons. The second-order valence-corrected chi connectivity index (χ2v) is 6.80. The van der Waals surface area contributed by atoms with Crippen LogP contribution in [0, 0.1) is 5.92 Å². The molecular formula is C17H24N6O2. The molecule has 2 heterocycles. The molecule has 0 saturated heterocycles. The molecule has 0 radical (unpaired) electrons. The van der Waals surface area contributed by atoms with Crippen molar-refractivity contribution in [2.24, 2.45) is 13.0 Å². The van der Waals surface area contributed by atoms with E-state index in [4.69, 9.17) is 0 Å². The zero-order chi connectivity index (χ0) is 18.0. The summed E-state index contributed by atoms with van der Waals surface area (Å²) in [5.41, 5.74) is 0.566. The van der Waals surface area contributed by atoms with Crippen LogP contribution in [0.1, 0.15) is 34.9 Å². The van der Waals surface area contributed by atoms with Crippen molar-refractivity contribution in [3.05, 3.63) is 36.0 Å². The van der Waals surface area contributed by atoms with E-state index < -0.39 is 6.10 Å². The maximum atomic E-state index is 12.4. The third-order valence-electron chi connectivity index (χ3n) is 4.76. The third kappa shape index (κ3) is 3.79. The molecule has 0 unspecified atom stereocenters. The molecule has 3 atom stereocenters. The fourth-order valence-corrected chi connectivity index (χ4v) is 3.32. The van der Waals surface area contributed by atoms with Crippen molar-refractivity contribution >= 4 is 11.7 Å². The Morgan fingerprint density at radius 3 is 2.92 bits per heavy atom. The number of carbonyl (C=O) groups is 1. The first-order chi connectivity index (χ1) is 12.0. The Balaban J connectivity index is 1.59. The van der Waals surface area contributed by atoms with Crippen LogP contribution in [-0.4, -0.2) is 57.5 Å². The van der Waals surface area contributed by atoms with Gasteiger partial charge in [-0.25, -0.2) is 4.98 Å². The molecule has 0 aromatic carbocycles. The van der Waals surface area contributed by atoms with Gasteiger partial charge in [0.25, 0.3) is 5.91 Å². The Kier molecular flexibility index (Phi) is 4.98. The molecule has 2 aromatic rings. The number of pyridine rings is 1. The van der Waals surface area contributed by atoms with Crippen molar-refractivity contribution in [3.8, 4) is 0 Å². The number of aliphatic hydroxyl groups excluding tert-OH is 1. The average molecular weight is 344 g/mol. The van der Waals surface area contributed by atoms with Crippen LogP contribution in [0.4, 0.5) is 5.82 Å². The maximum absolute atomic E-state index is 12.4. The second-order valence-electron chi connectivity index (χ2n) is 6.80. The second kappa shape index (κ2) is 7.18. The van der Waals surface area contributed by atoms with Crippen molar-refractivity contribution in [3.63, 3.8) is 0 Å². The SMILES string of the molecule is CN(C)c1cc(C(=O)NC[C@H]2C[C@H](c3nncn3C)C[C@H]2O)ccn1. The van der Waals surface area contributed by atoms with E-state index >= 15 is 0 Å². The minimum Gasteiger partial charge on any atom is -0.393 e. The molecule has 1 aliphatic carbocycles. The Morgan fingerprint density at radius 2 is 2.24 bits per heavy atom. The highest BCUT2D eigenvalue weighted by Crippen LogP contribution is 2.37. The topological polar surface area (TPSA) is 96.2 Å². The zero-order valence-electron chi connectivity index (χ0n) is 14.8. The molecule has 1 saturated carbocycles. The number of nitrogens with zero attached hydrogens (tertiary/aromatic N) is 5. The molecule has 1 fully saturated rings. The van der Waals surface area contributed by atoms with Crippen LogP contribution < -0.4 is 10.2 Å². The number of hydrogen-bond acceptors (Lipinski definition) is 6. The quantitative estimate of drug-likeness (QED) is 0.823. The first-order valence-electron chi connectivity index (χ1n) is 8.39. The highest BCUT2D eigenvalue weighted by Gasteiger charge is 2.36. The van der Waals surface area contributed by atoms with Crippen molar-refractivity contribution in [2.45, 2.75) is 24.9 Å². The number of aliphatic hydroxyl groups is 1. The number of rotatable bonds is 5. The van der Waals surface area contributed by atoms with Gasteiger partial charge in [0.05, 0.1) is 6.10 Å². The van der Waals surface area contributed by atoms with Crippen LogP contribution in [0.5, 0.6) is 0 Å². The van der Waals surface area contributed by atoms with E-state index in [0.29, 0.717) is 18.5 Å². The van der Waals surface area contributed by atoms with Crippen LogP contribution >= 0.6 is 0 Å². The van der Waals surface area contributed by atoms with Crippen molar-refractivity contribution in [2.75, 3.05) is 25.5 Å². The highest BCUT2D eigenvalue weighted by molar-refractivity contribution is 5.94. The van der Waals surface area contributed by atoms with Crippen LogP contribution in [0.15, 0.2) is 24.7 Å². The highest BCUT2D eigenvalue weighted by atomic mass is 16.3. The van der Waals surface area contributed by atoms with Gasteiger partial charge in [0, 0.05) is 51.3 Å². The van der Waals surface area contributed by atoms with E-state index in [2.05, 4.69) is 20.5 Å². The lowest BCUT2D eigenvalue weighted by Crippen LogP contribution is -2.32. The molecule has 2 N–H and O–H groups in total. The minimum absolute atomic E-state index is 0.0146. The summed E-state index contributed by atoms with van der Waals surface area (Å²) in [6.45, 7) is 0.438. The van der Waals surface area contributed by atoms with E-state index in [-0.39, 0.29) is 17.7 Å². The largest absolute Gasteiger partial charge is 0.393 e. The third-order valence-corrected chi connectivity index (χ3v) is 4.76. The van der Waals surface area contributed by atoms with E-state index in [0.717, 1.165) is 18.1 Å². The molecule has 0 bridgehead atoms. The van der Waals surface area contributed by atoms with Crippen molar-refractivity contribution in [1.82, 2.24) is 25.1 Å². The summed E-state index contributed by atoms with van der Waals surface area (Å²) in [7, 11) is 5.67. The number of anilines is 1. The fraction of sp³-hybridized carbons (Fsp3) is 0.529. The first-order valence-corrected chi connectivity index (χ1v) is 8.39. The average Bonchev–Trinajstić information content (AvgIpc) is 3.18. The lowest BCUT2D eigenvalue weighted by molar-refractivity contribution is 0.0916. The number of aryl methyl sites for hydroxylation is 1. The number of hydrogen-bond donors (Lipinski definition) is 2. The van der Waals surface area contributed by atoms with Gasteiger partial charge in [-0.3, -0.25) is 4.79 Å². The molecule has 3 rings (SSSR count). The molecule has 8 heteroatoms. The maximum Gasteiger partial charge on any atom is 0.251 e. The molecule has 1 amide bonds. The first kappa shape index (κ1) is 17.3. The van der Waals surface area contributed by atoms with Gasteiger partial charge in [-0.05, 0) is 25.0 Å². The summed E-state index contributed by atoms with van der Waals surface area (Å²) < 4.78 is 1.89. The van der Waals surface area contributed by atoms with E-state index in [9.17, 15) is 9.90 Å². The lowest BCUT2D eigenvalue weighted by atomic mass is 10.0. The lowest BCUT2D eigenvalue weighted by Gasteiger charge is -2.16. The van der Waals surface area contributed by atoms with Crippen molar-refractivity contribution in [1.29, 1.82) is 0 Å². The zero-order valence-corrected chi connectivity index (χ0v) is 14.8. The van der Waals surface area contributed by atoms with Gasteiger partial charge in [0.1, 0.15) is 18.0 Å². The number of nitrogens with one attached hydrogen (secondary N) is 1. The summed E-state index contributed by atoms with van der Waals surface area (Å²) in [5, 5.41) is 21.3. The van der Waals surface area contributed by atoms with Gasteiger partial charge in [-0.1, -0.05) is 0 Å². The Labute approximate surface area is 146 Å². The molecule has 8 nitrogen and oxygen atoms in total. The summed E-state index contributed by atoms with van der Waals surface area (Å²) in [4.78, 5) is 18.4. The monoisotopic (exact) mass is 344 g/mol. The van der Waals surface area contributed by atoms with Gasteiger partial charge >= 0.3 is 0 Å². The Hall–Kier alpha value is -2.48. The number of carbonyl (C=O) groups excluding carboxylic acids is 1. The van der Waals surface area contributed by atoms with E-state index in [1.807, 2.05) is 30.6 Å². The molecule has 25 heavy (non-hydrogen) atoms. The van der Waals surface area contributed by atoms with E-state index in [1.165, 1.54) is 0 Å². The van der Waals surface area contributed by atoms with Gasteiger partial charge in [-0.15, -0.1) is 10.2 Å². The standard InChI is InChI=1S/C17H24N6O2/c1-22(2)15-8-11(4-5-18-15)17(25)19-9-13-6-12(7-14(13)24)16-21-20-10-23(16)3/h4-5,8,10,12-14,24H,6-7,9H2,1-3H3,(H,19,25)/t12-,13+,14+/m0/s1. The van der Waals surface area contributed by atoms with Crippen molar-refractivity contribution < 1.29 is 9.90 Å². The van der Waals surface area contributed by atoms with Crippen LogP contribution in [-0.2, 0) is 7.05 Å². The van der Waals surface area contributed by atoms with E-state index in [1.54, 1.807) is 24.7 Å². The van der Waals surface area contributed by atoms with Gasteiger partial charge in [0.15, 0.2) is 0 Å². The predicted octanol–water partition coefficient (Wildman–Crippen LogP) is 0.561. The smallest absolute Gasteiger partial charge is 0.251 e. The fourth-order valence-electron chi connectivity index (χ4n) is 3.32. The molecule has 1 aliphatic rings. The number of aromatic nitrogens is 4. The van der Waals surface area contributed by atoms with Crippen LogP contribution in [0.25, 0.3) is 0 Å². The molecule has 0 spiro atoms. The van der Waals surface area contributed by atoms with Crippen LogP contribution in [0.3, 0.4) is 0 Å². The molecule has 2 aromatic heterocycles. The van der Waals surface area contributed by atoms with Gasteiger partial charge < -0.3 is 19.9 Å². The molecule has 0 aliphatic heterocycles. The van der Waals surface area contributed by atoms with Crippen LogP contribution in [0.2, 0.25) is 0 Å². The Bertz CT molecular complexity index is 744. The summed E-state index contributed by atoms with van der Waals surface area (Å²) >= 11 is 0. The summed E-state index contributed by atoms with van der Waals surface area (Å²) in [6, 6.07) is 3.44. The van der Waals surface area contributed by atoms with Gasteiger partial charge in [-0.2, -0.15) is 0 Å².